The smallest absolute Gasteiger partial charge is 0.0516 e. The van der Waals surface area contributed by atoms with Crippen LogP contribution < -0.4 is 5.32 Å². The van der Waals surface area contributed by atoms with E-state index in [-0.39, 0.29) is 6.04 Å². The minimum Gasteiger partial charge on any atom is -0.378 e. The van der Waals surface area contributed by atoms with Crippen LogP contribution in [0.1, 0.15) is 17.0 Å². The van der Waals surface area contributed by atoms with Gasteiger partial charge in [0.1, 0.15) is 0 Å². The topological polar surface area (TPSA) is 12.0 Å². The van der Waals surface area contributed by atoms with Crippen molar-refractivity contribution in [2.75, 3.05) is 5.32 Å². The molecule has 4 aliphatic carbocycles. The summed E-state index contributed by atoms with van der Waals surface area (Å²) in [5, 5.41) is 3.80. The second-order valence-electron chi connectivity index (χ2n) is 8.99. The van der Waals surface area contributed by atoms with Gasteiger partial charge in [-0.25, -0.2) is 0 Å². The molecule has 1 N–H and O–H groups in total. The van der Waals surface area contributed by atoms with E-state index in [1.54, 1.807) is 0 Å². The number of hydrogen-bond acceptors (Lipinski definition) is 1. The van der Waals surface area contributed by atoms with Crippen molar-refractivity contribution in [2.24, 2.45) is 23.7 Å². The molecular formula is C30H27N. The molecular weight excluding hydrogens is 374 g/mol. The molecule has 31 heavy (non-hydrogen) atoms. The Hall–Kier alpha value is -3.32. The molecule has 0 amide bonds. The van der Waals surface area contributed by atoms with E-state index in [0.29, 0.717) is 29.6 Å². The summed E-state index contributed by atoms with van der Waals surface area (Å²) in [6, 6.07) is 19.9. The molecule has 2 aromatic carbocycles. The molecule has 0 saturated carbocycles. The molecule has 6 rings (SSSR count). The van der Waals surface area contributed by atoms with Crippen LogP contribution in [-0.2, 0) is 0 Å². The molecule has 0 aliphatic heterocycles. The highest BCUT2D eigenvalue weighted by molar-refractivity contribution is 5.61. The highest BCUT2D eigenvalue weighted by Gasteiger charge is 2.44. The second-order valence-corrected chi connectivity index (χ2v) is 8.99. The summed E-state index contributed by atoms with van der Waals surface area (Å²) in [7, 11) is 0. The predicted octanol–water partition coefficient (Wildman–Crippen LogP) is 6.93. The SMILES string of the molecule is C1=CC2=CC(C3C=CC=CC3Nc3ccccc3)C3c4ccccc4C=CC3C2C=C1. The largest absolute Gasteiger partial charge is 0.378 e. The van der Waals surface area contributed by atoms with Crippen molar-refractivity contribution < 1.29 is 0 Å². The van der Waals surface area contributed by atoms with Crippen LogP contribution >= 0.6 is 0 Å². The van der Waals surface area contributed by atoms with Gasteiger partial charge in [-0.1, -0.05) is 109 Å². The number of para-hydroxylation sites is 1. The fourth-order valence-electron chi connectivity index (χ4n) is 5.94. The van der Waals surface area contributed by atoms with Gasteiger partial charge in [0.25, 0.3) is 0 Å². The second kappa shape index (κ2) is 7.74. The van der Waals surface area contributed by atoms with Crippen LogP contribution in [0.4, 0.5) is 5.69 Å². The molecule has 0 saturated heterocycles. The highest BCUT2D eigenvalue weighted by Crippen LogP contribution is 2.53. The van der Waals surface area contributed by atoms with Gasteiger partial charge in [0.05, 0.1) is 6.04 Å². The molecule has 0 fully saturated rings. The Morgan fingerprint density at radius 1 is 0.613 bits per heavy atom. The average molecular weight is 402 g/mol. The molecule has 0 spiro atoms. The lowest BCUT2D eigenvalue weighted by Crippen LogP contribution is -2.41. The van der Waals surface area contributed by atoms with Crippen molar-refractivity contribution in [3.8, 4) is 0 Å². The monoisotopic (exact) mass is 401 g/mol. The van der Waals surface area contributed by atoms with Gasteiger partial charge in [0.2, 0.25) is 0 Å². The van der Waals surface area contributed by atoms with E-state index in [2.05, 4.69) is 127 Å². The molecule has 0 heterocycles. The van der Waals surface area contributed by atoms with Gasteiger partial charge in [-0.2, -0.15) is 0 Å². The summed E-state index contributed by atoms with van der Waals surface area (Å²) in [5.41, 5.74) is 5.53. The van der Waals surface area contributed by atoms with Gasteiger partial charge in [-0.15, -0.1) is 0 Å². The third-order valence-corrected chi connectivity index (χ3v) is 7.31. The maximum atomic E-state index is 3.80. The van der Waals surface area contributed by atoms with E-state index in [1.165, 1.54) is 22.4 Å². The van der Waals surface area contributed by atoms with Crippen molar-refractivity contribution in [3.05, 3.63) is 132 Å². The standard InChI is InChI=1S/C30H27N/c1-2-12-23(13-3-1)31-29-17-9-8-16-26(29)28-20-22-11-5-6-14-24(22)27-19-18-21-10-4-7-15-25(21)30(27)28/h1-20,24,26-31H. The van der Waals surface area contributed by atoms with Crippen molar-refractivity contribution in [1.82, 2.24) is 0 Å². The van der Waals surface area contributed by atoms with Gasteiger partial charge in [0.15, 0.2) is 0 Å². The van der Waals surface area contributed by atoms with Crippen LogP contribution in [0.15, 0.2) is 121 Å². The number of benzene rings is 2. The Kier molecular flexibility index (Phi) is 4.61. The van der Waals surface area contributed by atoms with E-state index in [0.717, 1.165) is 0 Å². The van der Waals surface area contributed by atoms with Crippen molar-refractivity contribution >= 4 is 11.8 Å². The van der Waals surface area contributed by atoms with Crippen LogP contribution in [0.3, 0.4) is 0 Å². The lowest BCUT2D eigenvalue weighted by Gasteiger charge is -2.47. The van der Waals surface area contributed by atoms with Crippen LogP contribution in [-0.4, -0.2) is 6.04 Å². The van der Waals surface area contributed by atoms with Gasteiger partial charge in [0, 0.05) is 17.5 Å². The van der Waals surface area contributed by atoms with Gasteiger partial charge in [-0.3, -0.25) is 0 Å². The summed E-state index contributed by atoms with van der Waals surface area (Å²) in [6.07, 6.45) is 25.7. The highest BCUT2D eigenvalue weighted by atomic mass is 14.9. The molecule has 0 bridgehead atoms. The van der Waals surface area contributed by atoms with Crippen molar-refractivity contribution in [2.45, 2.75) is 12.0 Å². The van der Waals surface area contributed by atoms with E-state index in [1.807, 2.05) is 0 Å². The number of hydrogen-bond donors (Lipinski definition) is 1. The molecule has 1 nitrogen and oxygen atoms in total. The quantitative estimate of drug-likeness (QED) is 0.588. The third kappa shape index (κ3) is 3.25. The van der Waals surface area contributed by atoms with E-state index in [4.69, 9.17) is 0 Å². The Labute approximate surface area is 184 Å². The summed E-state index contributed by atoms with van der Waals surface area (Å²) in [6.45, 7) is 0. The van der Waals surface area contributed by atoms with Crippen molar-refractivity contribution in [3.63, 3.8) is 0 Å². The summed E-state index contributed by atoms with van der Waals surface area (Å²) in [5.74, 6) is 2.27. The maximum Gasteiger partial charge on any atom is 0.0516 e. The summed E-state index contributed by atoms with van der Waals surface area (Å²) < 4.78 is 0. The van der Waals surface area contributed by atoms with Gasteiger partial charge < -0.3 is 5.32 Å². The van der Waals surface area contributed by atoms with Crippen LogP contribution in [0.5, 0.6) is 0 Å². The van der Waals surface area contributed by atoms with E-state index >= 15 is 0 Å². The number of nitrogens with one attached hydrogen (secondary N) is 1. The number of anilines is 1. The molecule has 0 radical (unpaired) electrons. The van der Waals surface area contributed by atoms with E-state index < -0.39 is 0 Å². The zero-order valence-corrected chi connectivity index (χ0v) is 17.5. The Morgan fingerprint density at radius 2 is 1.42 bits per heavy atom. The Morgan fingerprint density at radius 3 is 2.35 bits per heavy atom. The molecule has 1 heteroatoms. The lowest BCUT2D eigenvalue weighted by atomic mass is 9.58. The first kappa shape index (κ1) is 18.4. The number of fused-ring (bicyclic) bond motifs is 5. The molecule has 2 aromatic rings. The predicted molar refractivity (Wildman–Crippen MR) is 131 cm³/mol. The molecule has 0 aromatic heterocycles. The summed E-state index contributed by atoms with van der Waals surface area (Å²) >= 11 is 0. The first-order valence-corrected chi connectivity index (χ1v) is 11.4. The fourth-order valence-corrected chi connectivity index (χ4v) is 5.94. The zero-order valence-electron chi connectivity index (χ0n) is 17.5. The number of allylic oxidation sites excluding steroid dienone is 9. The molecule has 4 aliphatic rings. The first-order valence-electron chi connectivity index (χ1n) is 11.4. The minimum absolute atomic E-state index is 0.271. The summed E-state index contributed by atoms with van der Waals surface area (Å²) in [4.78, 5) is 0. The maximum absolute atomic E-state index is 3.80. The normalized spacial score (nSPS) is 32.1. The van der Waals surface area contributed by atoms with Crippen LogP contribution in [0.2, 0.25) is 0 Å². The van der Waals surface area contributed by atoms with Gasteiger partial charge in [-0.05, 0) is 46.6 Å². The van der Waals surface area contributed by atoms with Gasteiger partial charge >= 0.3 is 0 Å². The first-order chi connectivity index (χ1) is 15.4. The lowest BCUT2D eigenvalue weighted by molar-refractivity contribution is 0.275. The van der Waals surface area contributed by atoms with Crippen LogP contribution in [0, 0.1) is 23.7 Å². The third-order valence-electron chi connectivity index (χ3n) is 7.31. The molecule has 6 unspecified atom stereocenters. The fraction of sp³-hybridized carbons (Fsp3) is 0.200. The molecule has 152 valence electrons. The molecule has 6 atom stereocenters. The zero-order chi connectivity index (χ0) is 20.6. The van der Waals surface area contributed by atoms with Crippen LogP contribution in [0.25, 0.3) is 6.08 Å². The van der Waals surface area contributed by atoms with E-state index in [9.17, 15) is 0 Å². The Balaban J connectivity index is 1.44. The Bertz CT molecular complexity index is 1140. The average Bonchev–Trinajstić information content (AvgIpc) is 2.84. The van der Waals surface area contributed by atoms with Crippen molar-refractivity contribution in [1.29, 1.82) is 0 Å². The minimum atomic E-state index is 0.271. The number of rotatable bonds is 3.